The van der Waals surface area contributed by atoms with E-state index in [0.717, 1.165) is 4.90 Å². The van der Waals surface area contributed by atoms with Gasteiger partial charge in [-0.3, -0.25) is 24.1 Å². The second-order valence-corrected chi connectivity index (χ2v) is 8.55. The number of hydrogen-bond donors (Lipinski definition) is 2. The molecule has 1 fully saturated rings. The summed E-state index contributed by atoms with van der Waals surface area (Å²) in [6, 6.07) is 12.3. The third-order valence-corrected chi connectivity index (χ3v) is 5.72. The fourth-order valence-corrected chi connectivity index (χ4v) is 4.29. The molecule has 1 aliphatic heterocycles. The lowest BCUT2D eigenvalue weighted by molar-refractivity contribution is -0.127. The van der Waals surface area contributed by atoms with Gasteiger partial charge in [-0.15, -0.1) is 0 Å². The molecule has 3 N–H and O–H groups in total. The zero-order chi connectivity index (χ0) is 24.0. The number of nitrogens with one attached hydrogen (secondary N) is 1. The zero-order valence-electron chi connectivity index (χ0n) is 17.5. The molecule has 0 saturated carbocycles. The van der Waals surface area contributed by atoms with Crippen LogP contribution < -0.4 is 20.5 Å². The Morgan fingerprint density at radius 3 is 2.58 bits per heavy atom. The predicted octanol–water partition coefficient (Wildman–Crippen LogP) is 3.39. The highest BCUT2D eigenvalue weighted by Gasteiger charge is 2.35. The lowest BCUT2D eigenvalue weighted by Gasteiger charge is -2.15. The standard InChI is InChI=1S/C22H20BrN3O6S/c1-2-31-16-9-13(10-17-21(29)26(11-18(24)27)22(30)33-17)8-15(23)20(16)32-12-19(28)25-14-6-4-3-5-7-14/h3-10H,2,11-12H2,1H3,(H2,24,27)(H,25,28)/b17-10-. The number of hydrogen-bond acceptors (Lipinski definition) is 7. The van der Waals surface area contributed by atoms with Crippen molar-refractivity contribution in [2.75, 3.05) is 25.1 Å². The number of amides is 4. The number of carbonyl (C=O) groups is 4. The van der Waals surface area contributed by atoms with E-state index in [0.29, 0.717) is 45.6 Å². The molecule has 0 atom stereocenters. The molecule has 33 heavy (non-hydrogen) atoms. The van der Waals surface area contributed by atoms with Gasteiger partial charge >= 0.3 is 0 Å². The largest absolute Gasteiger partial charge is 0.490 e. The Kier molecular flexibility index (Phi) is 8.12. The fourth-order valence-electron chi connectivity index (χ4n) is 2.87. The molecule has 2 aromatic carbocycles. The van der Waals surface area contributed by atoms with Crippen molar-refractivity contribution in [3.8, 4) is 11.5 Å². The van der Waals surface area contributed by atoms with E-state index in [2.05, 4.69) is 21.2 Å². The van der Waals surface area contributed by atoms with Gasteiger partial charge in [0, 0.05) is 5.69 Å². The molecule has 1 saturated heterocycles. The highest BCUT2D eigenvalue weighted by Crippen LogP contribution is 2.39. The van der Waals surface area contributed by atoms with Crippen LogP contribution in [-0.2, 0) is 14.4 Å². The monoisotopic (exact) mass is 533 g/mol. The summed E-state index contributed by atoms with van der Waals surface area (Å²) in [7, 11) is 0. The Hall–Kier alpha value is -3.31. The summed E-state index contributed by atoms with van der Waals surface area (Å²) in [6.07, 6.45) is 1.51. The van der Waals surface area contributed by atoms with E-state index >= 15 is 0 Å². The summed E-state index contributed by atoms with van der Waals surface area (Å²) >= 11 is 4.12. The lowest BCUT2D eigenvalue weighted by atomic mass is 10.2. The van der Waals surface area contributed by atoms with Crippen LogP contribution in [-0.4, -0.2) is 47.6 Å². The van der Waals surface area contributed by atoms with Gasteiger partial charge in [0.1, 0.15) is 6.54 Å². The number of rotatable bonds is 9. The molecule has 9 nitrogen and oxygen atoms in total. The van der Waals surface area contributed by atoms with Crippen molar-refractivity contribution in [1.29, 1.82) is 0 Å². The molecule has 172 valence electrons. The number of ether oxygens (including phenoxy) is 2. The second kappa shape index (κ2) is 11.0. The molecule has 0 radical (unpaired) electrons. The molecule has 0 spiro atoms. The van der Waals surface area contributed by atoms with Gasteiger partial charge in [-0.1, -0.05) is 18.2 Å². The maximum atomic E-state index is 12.4. The topological polar surface area (TPSA) is 128 Å². The van der Waals surface area contributed by atoms with Crippen LogP contribution in [0.3, 0.4) is 0 Å². The van der Waals surface area contributed by atoms with Crippen LogP contribution in [0.1, 0.15) is 12.5 Å². The van der Waals surface area contributed by atoms with E-state index in [9.17, 15) is 19.2 Å². The normalized spacial score (nSPS) is 14.5. The van der Waals surface area contributed by atoms with E-state index in [1.54, 1.807) is 31.2 Å². The van der Waals surface area contributed by atoms with E-state index in [1.807, 2.05) is 18.2 Å². The molecular formula is C22H20BrN3O6S. The first kappa shape index (κ1) is 24.3. The zero-order valence-corrected chi connectivity index (χ0v) is 19.9. The van der Waals surface area contributed by atoms with Gasteiger partial charge in [0.05, 0.1) is 16.0 Å². The maximum Gasteiger partial charge on any atom is 0.294 e. The number of thioether (sulfide) groups is 1. The summed E-state index contributed by atoms with van der Waals surface area (Å²) in [5.41, 5.74) is 6.30. The summed E-state index contributed by atoms with van der Waals surface area (Å²) < 4.78 is 11.8. The van der Waals surface area contributed by atoms with Crippen LogP contribution in [0, 0.1) is 0 Å². The fraction of sp³-hybridized carbons (Fsp3) is 0.182. The predicted molar refractivity (Wildman–Crippen MR) is 128 cm³/mol. The van der Waals surface area contributed by atoms with Gasteiger partial charge < -0.3 is 20.5 Å². The summed E-state index contributed by atoms with van der Waals surface area (Å²) in [6.45, 7) is 1.39. The van der Waals surface area contributed by atoms with Crippen LogP contribution >= 0.6 is 27.7 Å². The SMILES string of the molecule is CCOc1cc(/C=C2\SC(=O)N(CC(N)=O)C2=O)cc(Br)c1OCC(=O)Nc1ccccc1. The molecular weight excluding hydrogens is 514 g/mol. The molecule has 3 rings (SSSR count). The molecule has 1 heterocycles. The Morgan fingerprint density at radius 1 is 1.18 bits per heavy atom. The molecule has 11 heteroatoms. The van der Waals surface area contributed by atoms with E-state index < -0.39 is 23.6 Å². The third kappa shape index (κ3) is 6.36. The van der Waals surface area contributed by atoms with Crippen LogP contribution in [0.15, 0.2) is 51.8 Å². The van der Waals surface area contributed by atoms with Gasteiger partial charge in [0.2, 0.25) is 5.91 Å². The third-order valence-electron chi connectivity index (χ3n) is 4.22. The number of primary amides is 1. The lowest BCUT2D eigenvalue weighted by Crippen LogP contribution is -2.36. The van der Waals surface area contributed by atoms with Crippen molar-refractivity contribution in [2.24, 2.45) is 5.73 Å². The summed E-state index contributed by atoms with van der Waals surface area (Å²) in [5.74, 6) is -1.06. The van der Waals surface area contributed by atoms with Crippen molar-refractivity contribution in [1.82, 2.24) is 4.90 Å². The first-order valence-electron chi connectivity index (χ1n) is 9.76. The maximum absolute atomic E-state index is 12.4. The Balaban J connectivity index is 1.77. The van der Waals surface area contributed by atoms with Crippen LogP contribution in [0.5, 0.6) is 11.5 Å². The molecule has 0 aliphatic carbocycles. The Labute approximate surface area is 202 Å². The molecule has 1 aliphatic rings. The minimum atomic E-state index is -0.780. The number of halogens is 1. The van der Waals surface area contributed by atoms with Gasteiger partial charge in [0.25, 0.3) is 17.1 Å². The smallest absolute Gasteiger partial charge is 0.294 e. The van der Waals surface area contributed by atoms with Gasteiger partial charge in [-0.05, 0) is 70.5 Å². The minimum Gasteiger partial charge on any atom is -0.490 e. The average Bonchev–Trinajstić information content (AvgIpc) is 3.01. The Bertz CT molecular complexity index is 1120. The summed E-state index contributed by atoms with van der Waals surface area (Å²) in [5, 5.41) is 2.16. The van der Waals surface area contributed by atoms with Gasteiger partial charge in [-0.2, -0.15) is 0 Å². The minimum absolute atomic E-state index is 0.145. The van der Waals surface area contributed by atoms with Crippen molar-refractivity contribution >= 4 is 62.4 Å². The van der Waals surface area contributed by atoms with Crippen molar-refractivity contribution in [3.05, 3.63) is 57.4 Å². The molecule has 4 amide bonds. The first-order chi connectivity index (χ1) is 15.8. The van der Waals surface area contributed by atoms with Crippen molar-refractivity contribution in [3.63, 3.8) is 0 Å². The summed E-state index contributed by atoms with van der Waals surface area (Å²) in [4.78, 5) is 48.7. The van der Waals surface area contributed by atoms with Gasteiger partial charge in [-0.25, -0.2) is 0 Å². The highest BCUT2D eigenvalue weighted by atomic mass is 79.9. The Morgan fingerprint density at radius 2 is 1.91 bits per heavy atom. The number of carbonyl (C=O) groups excluding carboxylic acids is 4. The average molecular weight is 534 g/mol. The molecule has 0 aromatic heterocycles. The van der Waals surface area contributed by atoms with Crippen molar-refractivity contribution in [2.45, 2.75) is 6.92 Å². The highest BCUT2D eigenvalue weighted by molar-refractivity contribution is 9.10. The van der Waals surface area contributed by atoms with Crippen LogP contribution in [0.4, 0.5) is 10.5 Å². The second-order valence-electron chi connectivity index (χ2n) is 6.70. The van der Waals surface area contributed by atoms with Crippen molar-refractivity contribution < 1.29 is 28.7 Å². The molecule has 2 aromatic rings. The molecule has 0 bridgehead atoms. The first-order valence-corrected chi connectivity index (χ1v) is 11.4. The van der Waals surface area contributed by atoms with E-state index in [4.69, 9.17) is 15.2 Å². The number of benzene rings is 2. The van der Waals surface area contributed by atoms with Crippen LogP contribution in [0.2, 0.25) is 0 Å². The van der Waals surface area contributed by atoms with Crippen LogP contribution in [0.25, 0.3) is 6.08 Å². The van der Waals surface area contributed by atoms with E-state index in [-0.39, 0.29) is 17.4 Å². The number of anilines is 1. The molecule has 0 unspecified atom stereocenters. The van der Waals surface area contributed by atoms with Gasteiger partial charge in [0.15, 0.2) is 18.1 Å². The number of nitrogens with zero attached hydrogens (tertiary/aromatic N) is 1. The number of para-hydroxylation sites is 1. The number of imide groups is 1. The quantitative estimate of drug-likeness (QED) is 0.472. The van der Waals surface area contributed by atoms with E-state index in [1.165, 1.54) is 6.08 Å². The number of nitrogens with two attached hydrogens (primary N) is 1.